The molecule has 2 aliphatic heterocycles. The second-order valence-electron chi connectivity index (χ2n) is 9.20. The number of piperazine rings is 1. The molecule has 0 unspecified atom stereocenters. The van der Waals surface area contributed by atoms with Crippen molar-refractivity contribution in [2.24, 2.45) is 0 Å². The quantitative estimate of drug-likeness (QED) is 0.414. The van der Waals surface area contributed by atoms with Crippen molar-refractivity contribution in [1.29, 1.82) is 0 Å². The molecule has 0 aliphatic carbocycles. The Morgan fingerprint density at radius 3 is 2.68 bits per heavy atom. The molecule has 0 spiro atoms. The number of anilines is 5. The number of hydrogen-bond acceptors (Lipinski definition) is 9. The minimum atomic E-state index is -0.476. The predicted octanol–water partition coefficient (Wildman–Crippen LogP) is 3.30. The monoisotopic (exact) mass is 458 g/mol. The van der Waals surface area contributed by atoms with Gasteiger partial charge in [0, 0.05) is 42.6 Å². The van der Waals surface area contributed by atoms with Crippen molar-refractivity contribution in [1.82, 2.24) is 24.8 Å². The number of H-pyrrole nitrogens is 1. The summed E-state index contributed by atoms with van der Waals surface area (Å²) >= 11 is 0. The van der Waals surface area contributed by atoms with Gasteiger partial charge in [-0.1, -0.05) is 0 Å². The number of benzene rings is 1. The van der Waals surface area contributed by atoms with Crippen LogP contribution in [0.25, 0.3) is 11.1 Å². The van der Waals surface area contributed by atoms with Crippen molar-refractivity contribution in [3.8, 4) is 0 Å². The molecule has 10 nitrogen and oxygen atoms in total. The minimum Gasteiger partial charge on any atom is -0.408 e. The smallest absolute Gasteiger partial charge is 0.408 e. The van der Waals surface area contributed by atoms with E-state index in [0.29, 0.717) is 34.9 Å². The van der Waals surface area contributed by atoms with Crippen LogP contribution in [0.1, 0.15) is 17.5 Å². The van der Waals surface area contributed by atoms with Gasteiger partial charge in [-0.25, -0.2) is 14.8 Å². The minimum absolute atomic E-state index is 0.474. The molecule has 2 atom stereocenters. The van der Waals surface area contributed by atoms with Gasteiger partial charge in [0.25, 0.3) is 0 Å². The fourth-order valence-electron chi connectivity index (χ4n) is 4.99. The third-order valence-electron chi connectivity index (χ3n) is 6.75. The number of aryl methyl sites for hydroxylation is 2. The van der Waals surface area contributed by atoms with Gasteiger partial charge in [-0.15, -0.1) is 0 Å². The number of aromatic nitrogens is 4. The van der Waals surface area contributed by atoms with E-state index in [1.165, 1.54) is 6.42 Å². The first-order valence-electron chi connectivity index (χ1n) is 11.4. The molecule has 10 heteroatoms. The molecule has 2 saturated heterocycles. The van der Waals surface area contributed by atoms with E-state index in [1.54, 1.807) is 12.3 Å². The molecule has 2 bridgehead atoms. The summed E-state index contributed by atoms with van der Waals surface area (Å²) in [7, 11) is 2.20. The summed E-state index contributed by atoms with van der Waals surface area (Å²) < 4.78 is 5.07. The molecule has 5 heterocycles. The Bertz CT molecular complexity index is 1440. The summed E-state index contributed by atoms with van der Waals surface area (Å²) in [4.78, 5) is 32.8. The van der Waals surface area contributed by atoms with E-state index < -0.39 is 5.76 Å². The number of hydrogen-bond donors (Lipinski definition) is 3. The summed E-state index contributed by atoms with van der Waals surface area (Å²) in [6, 6.07) is 8.66. The predicted molar refractivity (Wildman–Crippen MR) is 131 cm³/mol. The van der Waals surface area contributed by atoms with Crippen LogP contribution >= 0.6 is 0 Å². The van der Waals surface area contributed by atoms with Gasteiger partial charge in [0.15, 0.2) is 5.58 Å². The van der Waals surface area contributed by atoms with Crippen LogP contribution in [0.2, 0.25) is 0 Å². The first-order chi connectivity index (χ1) is 16.4. The molecule has 0 saturated carbocycles. The lowest BCUT2D eigenvalue weighted by atomic mass is 10.2. The van der Waals surface area contributed by atoms with Crippen LogP contribution in [0.15, 0.2) is 45.9 Å². The van der Waals surface area contributed by atoms with Gasteiger partial charge in [-0.05, 0) is 57.1 Å². The fourth-order valence-corrected chi connectivity index (χ4v) is 4.99. The molecule has 1 aromatic carbocycles. The maximum atomic E-state index is 11.4. The van der Waals surface area contributed by atoms with Crippen molar-refractivity contribution in [2.75, 3.05) is 35.7 Å². The van der Waals surface area contributed by atoms with E-state index in [2.05, 4.69) is 55.4 Å². The molecule has 2 aliphatic rings. The fraction of sp³-hybridized carbons (Fsp3) is 0.333. The highest BCUT2D eigenvalue weighted by Gasteiger charge is 2.42. The molecule has 3 N–H and O–H groups in total. The second kappa shape index (κ2) is 7.84. The van der Waals surface area contributed by atoms with Crippen molar-refractivity contribution in [2.45, 2.75) is 32.4 Å². The van der Waals surface area contributed by atoms with Gasteiger partial charge < -0.3 is 20.0 Å². The topological polar surface area (TPSA) is 115 Å². The molecule has 2 fully saturated rings. The SMILES string of the molecule is Cc1cnc(Nc2cnc(N3C[C@@H]4C[C@H]3CN4C)c(C)c2)nc1Nc1ccc2oc(=O)[nH]c2c1. The van der Waals surface area contributed by atoms with E-state index >= 15 is 0 Å². The molecule has 0 amide bonds. The zero-order valence-electron chi connectivity index (χ0n) is 19.3. The standard InChI is InChI=1S/C24H26N8O2/c1-13-6-16(10-25-22(13)32-12-17-8-18(32)11-31(17)3)28-23-26-9-14(2)21(30-23)27-15-4-5-20-19(7-15)29-24(33)34-20/h4-7,9-10,17-18H,8,11-12H2,1-3H3,(H,29,33)(H2,26,27,28,30)/t17-,18-/m0/s1. The molecule has 0 radical (unpaired) electrons. The molecule has 174 valence electrons. The Labute approximate surface area is 196 Å². The van der Waals surface area contributed by atoms with Crippen molar-refractivity contribution >= 4 is 40.1 Å². The third kappa shape index (κ3) is 3.65. The van der Waals surface area contributed by atoms with Gasteiger partial charge in [-0.3, -0.25) is 9.88 Å². The number of nitrogens with zero attached hydrogens (tertiary/aromatic N) is 5. The largest absolute Gasteiger partial charge is 0.417 e. The number of nitrogens with one attached hydrogen (secondary N) is 3. The number of fused-ring (bicyclic) bond motifs is 3. The molecule has 6 rings (SSSR count). The van der Waals surface area contributed by atoms with Crippen LogP contribution in [0, 0.1) is 13.8 Å². The number of likely N-dealkylation sites (tertiary alicyclic amines) is 1. The summed E-state index contributed by atoms with van der Waals surface area (Å²) in [5.74, 6) is 1.73. The molecule has 4 aromatic rings. The summed E-state index contributed by atoms with van der Waals surface area (Å²) in [6.45, 7) is 6.17. The van der Waals surface area contributed by atoms with Crippen LogP contribution in [0.3, 0.4) is 0 Å². The lowest BCUT2D eigenvalue weighted by molar-refractivity contribution is 0.292. The first-order valence-corrected chi connectivity index (χ1v) is 11.4. The van der Waals surface area contributed by atoms with Gasteiger partial charge in [0.2, 0.25) is 5.95 Å². The number of likely N-dealkylation sites (N-methyl/N-ethyl adjacent to an activating group) is 1. The molecule has 34 heavy (non-hydrogen) atoms. The summed E-state index contributed by atoms with van der Waals surface area (Å²) in [5.41, 5.74) is 4.79. The average Bonchev–Trinajstić information content (AvgIpc) is 3.48. The maximum absolute atomic E-state index is 11.4. The highest BCUT2D eigenvalue weighted by atomic mass is 16.4. The van der Waals surface area contributed by atoms with E-state index in [0.717, 1.165) is 41.4 Å². The Morgan fingerprint density at radius 2 is 1.91 bits per heavy atom. The van der Waals surface area contributed by atoms with Gasteiger partial charge in [-0.2, -0.15) is 4.98 Å². The van der Waals surface area contributed by atoms with Crippen molar-refractivity contribution in [3.63, 3.8) is 0 Å². The summed E-state index contributed by atoms with van der Waals surface area (Å²) in [5, 5.41) is 6.57. The number of oxazole rings is 1. The lowest BCUT2D eigenvalue weighted by Crippen LogP contribution is -2.45. The first kappa shape index (κ1) is 20.7. The lowest BCUT2D eigenvalue weighted by Gasteiger charge is -2.33. The molecular formula is C24H26N8O2. The van der Waals surface area contributed by atoms with Crippen LogP contribution in [0.5, 0.6) is 0 Å². The second-order valence-corrected chi connectivity index (χ2v) is 9.20. The van der Waals surface area contributed by atoms with Gasteiger partial charge >= 0.3 is 5.76 Å². The zero-order chi connectivity index (χ0) is 23.4. The van der Waals surface area contributed by atoms with E-state index in [-0.39, 0.29) is 0 Å². The van der Waals surface area contributed by atoms with Crippen molar-refractivity contribution < 1.29 is 4.42 Å². The Hall–Kier alpha value is -3.92. The summed E-state index contributed by atoms with van der Waals surface area (Å²) in [6.07, 6.45) is 4.83. The number of rotatable bonds is 5. The van der Waals surface area contributed by atoms with Crippen LogP contribution in [-0.2, 0) is 0 Å². The van der Waals surface area contributed by atoms with Crippen LogP contribution in [-0.4, -0.2) is 57.1 Å². The Kier molecular flexibility index (Phi) is 4.77. The van der Waals surface area contributed by atoms with E-state index in [1.807, 2.05) is 25.3 Å². The highest BCUT2D eigenvalue weighted by molar-refractivity contribution is 5.78. The normalized spacial score (nSPS) is 19.8. The Morgan fingerprint density at radius 1 is 1.03 bits per heavy atom. The van der Waals surface area contributed by atoms with E-state index in [9.17, 15) is 4.79 Å². The number of aromatic amines is 1. The maximum Gasteiger partial charge on any atom is 0.417 e. The zero-order valence-corrected chi connectivity index (χ0v) is 19.3. The average molecular weight is 459 g/mol. The Balaban J connectivity index is 1.20. The third-order valence-corrected chi connectivity index (χ3v) is 6.75. The number of pyridine rings is 1. The van der Waals surface area contributed by atoms with Crippen LogP contribution in [0.4, 0.5) is 29.0 Å². The van der Waals surface area contributed by atoms with Crippen molar-refractivity contribution in [3.05, 3.63) is 58.3 Å². The highest BCUT2D eigenvalue weighted by Crippen LogP contribution is 2.35. The van der Waals surface area contributed by atoms with Gasteiger partial charge in [0.1, 0.15) is 11.6 Å². The molecular weight excluding hydrogens is 432 g/mol. The van der Waals surface area contributed by atoms with Gasteiger partial charge in [0.05, 0.1) is 17.4 Å². The van der Waals surface area contributed by atoms with E-state index in [4.69, 9.17) is 9.40 Å². The van der Waals surface area contributed by atoms with Crippen LogP contribution < -0.4 is 21.3 Å². The molecule has 3 aromatic heterocycles.